The van der Waals surface area contributed by atoms with Crippen LogP contribution in [0.2, 0.25) is 0 Å². The van der Waals surface area contributed by atoms with Crippen LogP contribution in [0.15, 0.2) is 42.1 Å². The van der Waals surface area contributed by atoms with Crippen LogP contribution in [0.3, 0.4) is 0 Å². The van der Waals surface area contributed by atoms with Crippen molar-refractivity contribution in [2.75, 3.05) is 21.2 Å². The second kappa shape index (κ2) is 5.84. The van der Waals surface area contributed by atoms with Gasteiger partial charge >= 0.3 is 5.97 Å². The molecule has 0 saturated carbocycles. The van der Waals surface area contributed by atoms with Gasteiger partial charge in [-0.2, -0.15) is 0 Å². The Hall–Kier alpha value is -2.10. The predicted octanol–water partition coefficient (Wildman–Crippen LogP) is 1.49. The van der Waals surface area contributed by atoms with Crippen molar-refractivity contribution in [1.82, 2.24) is 4.90 Å². The molecule has 0 aromatic heterocycles. The fraction of sp³-hybridized carbons (Fsp3) is 0.231. The summed E-state index contributed by atoms with van der Waals surface area (Å²) >= 11 is 0. The van der Waals surface area contributed by atoms with Crippen LogP contribution in [0, 0.1) is 0 Å². The van der Waals surface area contributed by atoms with E-state index in [-0.39, 0.29) is 11.4 Å². The number of Topliss-reactive ketones (excluding diaryl/α,β-unsaturated/α-hetero) is 1. The molecule has 0 radical (unpaired) electrons. The molecule has 0 unspecified atom stereocenters. The topological polar surface area (TPSA) is 46.6 Å². The number of rotatable bonds is 4. The molecule has 0 spiro atoms. The van der Waals surface area contributed by atoms with Crippen LogP contribution in [0.1, 0.15) is 10.4 Å². The quantitative estimate of drug-likeness (QED) is 0.260. The van der Waals surface area contributed by atoms with E-state index in [0.29, 0.717) is 5.56 Å². The number of nitrogens with zero attached hydrogens (tertiary/aromatic N) is 1. The molecule has 0 saturated heterocycles. The average molecular weight is 233 g/mol. The minimum atomic E-state index is -0.632. The highest BCUT2D eigenvalue weighted by molar-refractivity contribution is 6.24. The van der Waals surface area contributed by atoms with Gasteiger partial charge in [-0.25, -0.2) is 4.79 Å². The van der Waals surface area contributed by atoms with Crippen molar-refractivity contribution in [2.45, 2.75) is 0 Å². The Morgan fingerprint density at radius 3 is 2.24 bits per heavy atom. The fourth-order valence-electron chi connectivity index (χ4n) is 1.32. The number of carbonyl (C=O) groups excluding carboxylic acids is 2. The number of benzene rings is 1. The maximum atomic E-state index is 12.1. The predicted molar refractivity (Wildman–Crippen MR) is 64.6 cm³/mol. The lowest BCUT2D eigenvalue weighted by Gasteiger charge is -2.09. The minimum absolute atomic E-state index is 0.0173. The van der Waals surface area contributed by atoms with Gasteiger partial charge in [-0.05, 0) is 0 Å². The van der Waals surface area contributed by atoms with Gasteiger partial charge in [0.25, 0.3) is 0 Å². The normalized spacial score (nSPS) is 10.9. The number of esters is 1. The summed E-state index contributed by atoms with van der Waals surface area (Å²) in [6.07, 6.45) is 1.46. The van der Waals surface area contributed by atoms with Gasteiger partial charge in [0.2, 0.25) is 5.78 Å². The molecule has 17 heavy (non-hydrogen) atoms. The van der Waals surface area contributed by atoms with E-state index < -0.39 is 5.97 Å². The molecule has 0 N–H and O–H groups in total. The van der Waals surface area contributed by atoms with Gasteiger partial charge in [0.15, 0.2) is 0 Å². The molecule has 4 nitrogen and oxygen atoms in total. The highest BCUT2D eigenvalue weighted by atomic mass is 16.5. The van der Waals surface area contributed by atoms with Crippen LogP contribution in [0.5, 0.6) is 0 Å². The molecule has 0 amide bonds. The molecule has 0 aliphatic carbocycles. The lowest BCUT2D eigenvalue weighted by atomic mass is 10.0. The van der Waals surface area contributed by atoms with E-state index in [1.54, 1.807) is 43.3 Å². The Morgan fingerprint density at radius 2 is 1.76 bits per heavy atom. The van der Waals surface area contributed by atoms with Crippen molar-refractivity contribution in [3.8, 4) is 0 Å². The summed E-state index contributed by atoms with van der Waals surface area (Å²) in [5, 5.41) is 0. The Balaban J connectivity index is 3.08. The lowest BCUT2D eigenvalue weighted by molar-refractivity contribution is -0.135. The zero-order chi connectivity index (χ0) is 12.8. The Morgan fingerprint density at radius 1 is 1.18 bits per heavy atom. The smallest absolute Gasteiger partial charge is 0.343 e. The molecule has 1 aromatic rings. The Bertz CT molecular complexity index is 435. The lowest BCUT2D eigenvalue weighted by Crippen LogP contribution is -2.18. The second-order valence-electron chi connectivity index (χ2n) is 3.69. The third-order valence-corrected chi connectivity index (χ3v) is 2.07. The van der Waals surface area contributed by atoms with E-state index in [1.165, 1.54) is 13.3 Å². The first-order valence-corrected chi connectivity index (χ1v) is 5.12. The molecule has 0 bridgehead atoms. The molecule has 0 fully saturated rings. The van der Waals surface area contributed by atoms with Crippen LogP contribution >= 0.6 is 0 Å². The van der Waals surface area contributed by atoms with Crippen molar-refractivity contribution in [3.05, 3.63) is 47.7 Å². The third-order valence-electron chi connectivity index (χ3n) is 2.07. The zero-order valence-electron chi connectivity index (χ0n) is 10.1. The molecular formula is C13H15NO3. The highest BCUT2D eigenvalue weighted by Gasteiger charge is 2.20. The highest BCUT2D eigenvalue weighted by Crippen LogP contribution is 2.10. The van der Waals surface area contributed by atoms with E-state index in [9.17, 15) is 9.59 Å². The molecule has 0 aliphatic rings. The SMILES string of the molecule is COC(=O)/C(=C\N(C)C)C(=O)c1ccccc1. The summed E-state index contributed by atoms with van der Waals surface area (Å²) < 4.78 is 4.60. The van der Waals surface area contributed by atoms with E-state index in [1.807, 2.05) is 6.07 Å². The van der Waals surface area contributed by atoms with Crippen molar-refractivity contribution < 1.29 is 14.3 Å². The van der Waals surface area contributed by atoms with Crippen molar-refractivity contribution in [2.24, 2.45) is 0 Å². The maximum Gasteiger partial charge on any atom is 0.343 e. The summed E-state index contributed by atoms with van der Waals surface area (Å²) in [4.78, 5) is 25.2. The number of ether oxygens (including phenoxy) is 1. The van der Waals surface area contributed by atoms with Crippen LogP contribution < -0.4 is 0 Å². The van der Waals surface area contributed by atoms with Crippen molar-refractivity contribution in [1.29, 1.82) is 0 Å². The summed E-state index contributed by atoms with van der Waals surface area (Å²) in [5.41, 5.74) is 0.481. The number of methoxy groups -OCH3 is 1. The van der Waals surface area contributed by atoms with Gasteiger partial charge in [-0.15, -0.1) is 0 Å². The number of hydrogen-bond donors (Lipinski definition) is 0. The minimum Gasteiger partial charge on any atom is -0.465 e. The Kier molecular flexibility index (Phi) is 4.46. The summed E-state index contributed by atoms with van der Waals surface area (Å²) in [7, 11) is 4.73. The van der Waals surface area contributed by atoms with Gasteiger partial charge in [-0.1, -0.05) is 30.3 Å². The second-order valence-corrected chi connectivity index (χ2v) is 3.69. The van der Waals surface area contributed by atoms with E-state index in [0.717, 1.165) is 0 Å². The molecule has 90 valence electrons. The van der Waals surface area contributed by atoms with Crippen LogP contribution in [-0.4, -0.2) is 37.9 Å². The first-order valence-electron chi connectivity index (χ1n) is 5.12. The summed E-state index contributed by atoms with van der Waals surface area (Å²) in [6.45, 7) is 0. The monoisotopic (exact) mass is 233 g/mol. The Labute approximate surface area is 100 Å². The molecular weight excluding hydrogens is 218 g/mol. The van der Waals surface area contributed by atoms with E-state index in [2.05, 4.69) is 4.74 Å². The summed E-state index contributed by atoms with van der Waals surface area (Å²) in [5.74, 6) is -0.973. The van der Waals surface area contributed by atoms with Gasteiger partial charge in [0.1, 0.15) is 5.57 Å². The van der Waals surface area contributed by atoms with Gasteiger partial charge in [0, 0.05) is 25.9 Å². The largest absolute Gasteiger partial charge is 0.465 e. The van der Waals surface area contributed by atoms with Crippen molar-refractivity contribution >= 4 is 11.8 Å². The summed E-state index contributed by atoms with van der Waals surface area (Å²) in [6, 6.07) is 8.63. The number of carbonyl (C=O) groups is 2. The third kappa shape index (κ3) is 3.45. The fourth-order valence-corrected chi connectivity index (χ4v) is 1.32. The van der Waals surface area contributed by atoms with Gasteiger partial charge in [0.05, 0.1) is 7.11 Å². The molecule has 0 atom stereocenters. The standard InChI is InChI=1S/C13H15NO3/c1-14(2)9-11(13(16)17-3)12(15)10-7-5-4-6-8-10/h4-9H,1-3H3/b11-9-. The molecule has 4 heteroatoms. The first kappa shape index (κ1) is 13.0. The van der Waals surface area contributed by atoms with E-state index >= 15 is 0 Å². The molecule has 1 rings (SSSR count). The van der Waals surface area contributed by atoms with Crippen LogP contribution in [-0.2, 0) is 9.53 Å². The first-order chi connectivity index (χ1) is 8.06. The van der Waals surface area contributed by atoms with E-state index in [4.69, 9.17) is 0 Å². The number of hydrogen-bond acceptors (Lipinski definition) is 4. The molecule has 0 aliphatic heterocycles. The van der Waals surface area contributed by atoms with Gasteiger partial charge in [-0.3, -0.25) is 4.79 Å². The zero-order valence-corrected chi connectivity index (χ0v) is 10.1. The molecule has 0 heterocycles. The number of ketones is 1. The van der Waals surface area contributed by atoms with Gasteiger partial charge < -0.3 is 9.64 Å². The molecule has 1 aromatic carbocycles. The van der Waals surface area contributed by atoms with Crippen LogP contribution in [0.4, 0.5) is 0 Å². The maximum absolute atomic E-state index is 12.1. The van der Waals surface area contributed by atoms with Crippen molar-refractivity contribution in [3.63, 3.8) is 0 Å². The average Bonchev–Trinajstić information content (AvgIpc) is 2.35. The van der Waals surface area contributed by atoms with Crippen LogP contribution in [0.25, 0.3) is 0 Å².